The quantitative estimate of drug-likeness (QED) is 0.256. The second-order valence-corrected chi connectivity index (χ2v) is 6.81. The van der Waals surface area contributed by atoms with E-state index in [2.05, 4.69) is 13.3 Å². The zero-order valence-corrected chi connectivity index (χ0v) is 15.4. The van der Waals surface area contributed by atoms with E-state index in [0.717, 1.165) is 19.3 Å². The van der Waals surface area contributed by atoms with Crippen molar-refractivity contribution < 1.29 is 9.90 Å². The van der Waals surface area contributed by atoms with Crippen LogP contribution in [-0.4, -0.2) is 11.1 Å². The minimum atomic E-state index is -0.658. The molecule has 0 amide bonds. The number of carbonyl (C=O) groups is 1. The zero-order valence-electron chi connectivity index (χ0n) is 15.4. The maximum absolute atomic E-state index is 10.4. The third kappa shape index (κ3) is 21.5. The second-order valence-electron chi connectivity index (χ2n) is 6.81. The van der Waals surface area contributed by atoms with Crippen molar-refractivity contribution in [2.45, 2.75) is 116 Å². The van der Waals surface area contributed by atoms with E-state index in [0.29, 0.717) is 6.42 Å². The van der Waals surface area contributed by atoms with Crippen LogP contribution < -0.4 is 0 Å². The predicted octanol–water partition coefficient (Wildman–Crippen LogP) is 7.13. The Morgan fingerprint density at radius 1 is 0.652 bits per heavy atom. The topological polar surface area (TPSA) is 37.3 Å². The lowest BCUT2D eigenvalue weighted by Gasteiger charge is -2.03. The number of carboxylic acids is 1. The Hall–Kier alpha value is -0.530. The smallest absolute Gasteiger partial charge is 0.303 e. The van der Waals surface area contributed by atoms with Crippen molar-refractivity contribution >= 4 is 5.97 Å². The van der Waals surface area contributed by atoms with E-state index in [1.165, 1.54) is 89.9 Å². The summed E-state index contributed by atoms with van der Waals surface area (Å²) in [6.45, 7) is 3.88. The molecule has 0 saturated carbocycles. The second kappa shape index (κ2) is 19.5. The van der Waals surface area contributed by atoms with E-state index in [-0.39, 0.29) is 0 Å². The molecule has 136 valence electrons. The molecule has 0 aliphatic rings. The van der Waals surface area contributed by atoms with Crippen LogP contribution in [-0.2, 0) is 4.79 Å². The molecule has 0 saturated heterocycles. The highest BCUT2D eigenvalue weighted by Crippen LogP contribution is 2.13. The molecule has 2 radical (unpaired) electrons. The SMILES string of the molecule is [CH2]CCCCCCCCC[CH]CCCCCCCCCC(=O)O. The van der Waals surface area contributed by atoms with E-state index in [4.69, 9.17) is 5.11 Å². The number of hydrogen-bond acceptors (Lipinski definition) is 1. The van der Waals surface area contributed by atoms with Gasteiger partial charge in [0.1, 0.15) is 0 Å². The summed E-state index contributed by atoms with van der Waals surface area (Å²) < 4.78 is 0. The molecule has 2 nitrogen and oxygen atoms in total. The van der Waals surface area contributed by atoms with Gasteiger partial charge in [0.25, 0.3) is 0 Å². The van der Waals surface area contributed by atoms with Gasteiger partial charge in [-0.2, -0.15) is 0 Å². The van der Waals surface area contributed by atoms with Crippen LogP contribution >= 0.6 is 0 Å². The summed E-state index contributed by atoms with van der Waals surface area (Å²) in [4.78, 5) is 10.4. The van der Waals surface area contributed by atoms with Crippen molar-refractivity contribution in [3.63, 3.8) is 0 Å². The minimum Gasteiger partial charge on any atom is -0.481 e. The van der Waals surface area contributed by atoms with Gasteiger partial charge in [0, 0.05) is 6.42 Å². The molecule has 0 bridgehead atoms. The van der Waals surface area contributed by atoms with Crippen LogP contribution in [0, 0.1) is 13.3 Å². The van der Waals surface area contributed by atoms with Crippen molar-refractivity contribution in [2.75, 3.05) is 0 Å². The molecule has 1 N–H and O–H groups in total. The zero-order chi connectivity index (χ0) is 17.0. The minimum absolute atomic E-state index is 0.338. The molecular formula is C21H40O2. The first-order valence-electron chi connectivity index (χ1n) is 10.1. The number of aliphatic carboxylic acids is 1. The van der Waals surface area contributed by atoms with Crippen molar-refractivity contribution in [3.8, 4) is 0 Å². The molecule has 0 aliphatic heterocycles. The largest absolute Gasteiger partial charge is 0.481 e. The van der Waals surface area contributed by atoms with Gasteiger partial charge in [-0.05, 0) is 12.8 Å². The normalized spacial score (nSPS) is 11.0. The van der Waals surface area contributed by atoms with Gasteiger partial charge in [-0.15, -0.1) is 0 Å². The van der Waals surface area contributed by atoms with E-state index in [1.807, 2.05) is 0 Å². The number of hydrogen-bond donors (Lipinski definition) is 1. The van der Waals surface area contributed by atoms with E-state index in [1.54, 1.807) is 0 Å². The molecule has 0 spiro atoms. The molecule has 0 aliphatic carbocycles. The van der Waals surface area contributed by atoms with Crippen molar-refractivity contribution in [1.29, 1.82) is 0 Å². The lowest BCUT2D eigenvalue weighted by Crippen LogP contribution is -1.93. The van der Waals surface area contributed by atoms with Gasteiger partial charge in [0.05, 0.1) is 0 Å². The summed E-state index contributed by atoms with van der Waals surface area (Å²) >= 11 is 0. The Morgan fingerprint density at radius 3 is 1.48 bits per heavy atom. The van der Waals surface area contributed by atoms with Crippen molar-refractivity contribution in [3.05, 3.63) is 13.3 Å². The van der Waals surface area contributed by atoms with Crippen LogP contribution in [0.5, 0.6) is 0 Å². The first-order valence-corrected chi connectivity index (χ1v) is 10.1. The lowest BCUT2D eigenvalue weighted by atomic mass is 10.0. The Balaban J connectivity index is 2.96. The van der Waals surface area contributed by atoms with E-state index < -0.39 is 5.97 Å². The third-order valence-electron chi connectivity index (χ3n) is 4.46. The van der Waals surface area contributed by atoms with Gasteiger partial charge in [-0.3, -0.25) is 4.79 Å². The number of rotatable bonds is 19. The predicted molar refractivity (Wildman–Crippen MR) is 100 cm³/mol. The highest BCUT2D eigenvalue weighted by Gasteiger charge is 1.97. The highest BCUT2D eigenvalue weighted by atomic mass is 16.4. The van der Waals surface area contributed by atoms with Crippen LogP contribution in [0.3, 0.4) is 0 Å². The van der Waals surface area contributed by atoms with Gasteiger partial charge in [-0.25, -0.2) is 0 Å². The van der Waals surface area contributed by atoms with Crippen molar-refractivity contribution in [1.82, 2.24) is 0 Å². The Labute approximate surface area is 145 Å². The summed E-state index contributed by atoms with van der Waals surface area (Å²) in [6.07, 6.45) is 24.5. The summed E-state index contributed by atoms with van der Waals surface area (Å²) in [7, 11) is 0. The molecule has 0 aromatic rings. The Kier molecular flexibility index (Phi) is 19.1. The fourth-order valence-corrected chi connectivity index (χ4v) is 2.94. The monoisotopic (exact) mass is 324 g/mol. The molecule has 0 heterocycles. The van der Waals surface area contributed by atoms with Crippen LogP contribution in [0.4, 0.5) is 0 Å². The summed E-state index contributed by atoms with van der Waals surface area (Å²) in [6, 6.07) is 0. The fraction of sp³-hybridized carbons (Fsp3) is 0.857. The fourth-order valence-electron chi connectivity index (χ4n) is 2.94. The van der Waals surface area contributed by atoms with Crippen LogP contribution in [0.2, 0.25) is 0 Å². The average Bonchev–Trinajstić information content (AvgIpc) is 2.53. The average molecular weight is 325 g/mol. The molecule has 23 heavy (non-hydrogen) atoms. The molecule has 2 heteroatoms. The standard InChI is InChI=1S/C21H40O2/c1-2-3-4-5-6-7-8-9-10-11-12-13-14-15-16-17-18-19-20-21(22)23/h11H,1-10,12-20H2,(H,22,23). The molecule has 0 fully saturated rings. The van der Waals surface area contributed by atoms with Crippen LogP contribution in [0.25, 0.3) is 0 Å². The van der Waals surface area contributed by atoms with Gasteiger partial charge < -0.3 is 5.11 Å². The summed E-state index contributed by atoms with van der Waals surface area (Å²) in [5.74, 6) is -0.658. The first-order chi connectivity index (χ1) is 11.3. The molecule has 0 aromatic carbocycles. The van der Waals surface area contributed by atoms with Crippen LogP contribution in [0.15, 0.2) is 0 Å². The number of carboxylic acid groups (broad SMARTS) is 1. The lowest BCUT2D eigenvalue weighted by molar-refractivity contribution is -0.137. The third-order valence-corrected chi connectivity index (χ3v) is 4.46. The molecule has 0 rings (SSSR count). The van der Waals surface area contributed by atoms with Gasteiger partial charge in [0.15, 0.2) is 0 Å². The molecule has 0 unspecified atom stereocenters. The van der Waals surface area contributed by atoms with E-state index in [9.17, 15) is 4.79 Å². The summed E-state index contributed by atoms with van der Waals surface area (Å²) in [5.41, 5.74) is 0. The van der Waals surface area contributed by atoms with Gasteiger partial charge >= 0.3 is 5.97 Å². The van der Waals surface area contributed by atoms with E-state index >= 15 is 0 Å². The first kappa shape index (κ1) is 22.5. The highest BCUT2D eigenvalue weighted by molar-refractivity contribution is 5.66. The number of unbranched alkanes of at least 4 members (excludes halogenated alkanes) is 17. The maximum atomic E-state index is 10.4. The Morgan fingerprint density at radius 2 is 1.04 bits per heavy atom. The van der Waals surface area contributed by atoms with Crippen molar-refractivity contribution in [2.24, 2.45) is 0 Å². The molecule has 0 atom stereocenters. The molecule has 0 aromatic heterocycles. The molecular weight excluding hydrogens is 284 g/mol. The Bertz CT molecular complexity index is 238. The summed E-state index contributed by atoms with van der Waals surface area (Å²) in [5, 5.41) is 8.54. The van der Waals surface area contributed by atoms with Crippen LogP contribution in [0.1, 0.15) is 116 Å². The van der Waals surface area contributed by atoms with Gasteiger partial charge in [0.2, 0.25) is 0 Å². The van der Waals surface area contributed by atoms with Gasteiger partial charge in [-0.1, -0.05) is 110 Å². The maximum Gasteiger partial charge on any atom is 0.303 e.